The first kappa shape index (κ1) is 16.5. The van der Waals surface area contributed by atoms with Crippen LogP contribution in [-0.4, -0.2) is 32.4 Å². The van der Waals surface area contributed by atoms with Crippen LogP contribution in [0.15, 0.2) is 48.5 Å². The number of benzene rings is 2. The highest BCUT2D eigenvalue weighted by molar-refractivity contribution is 6.30. The zero-order valence-electron chi connectivity index (χ0n) is 12.7. The van der Waals surface area contributed by atoms with Crippen molar-refractivity contribution in [2.45, 2.75) is 0 Å². The maximum Gasteiger partial charge on any atom is 0.335 e. The summed E-state index contributed by atoms with van der Waals surface area (Å²) in [6.07, 6.45) is 0. The van der Waals surface area contributed by atoms with Gasteiger partial charge in [0.2, 0.25) is 0 Å². The number of halogens is 1. The first-order chi connectivity index (χ1) is 12.0. The lowest BCUT2D eigenvalue weighted by Crippen LogP contribution is -2.14. The van der Waals surface area contributed by atoms with E-state index < -0.39 is 11.9 Å². The number of anilines is 3. The van der Waals surface area contributed by atoms with Crippen LogP contribution >= 0.6 is 11.6 Å². The van der Waals surface area contributed by atoms with Crippen LogP contribution < -0.4 is 10.6 Å². The normalized spacial score (nSPS) is 10.3. The van der Waals surface area contributed by atoms with Crippen molar-refractivity contribution in [3.8, 4) is 0 Å². The third-order valence-corrected chi connectivity index (χ3v) is 3.51. The third-order valence-electron chi connectivity index (χ3n) is 3.26. The third kappa shape index (κ3) is 3.93. The van der Waals surface area contributed by atoms with Crippen LogP contribution in [0.2, 0.25) is 5.02 Å². The van der Waals surface area contributed by atoms with Gasteiger partial charge >= 0.3 is 5.97 Å². The molecule has 0 saturated heterocycles. The molecule has 0 unspecified atom stereocenters. The number of carboxylic acid groups (broad SMARTS) is 1. The fourth-order valence-electron chi connectivity index (χ4n) is 2.03. The zero-order chi connectivity index (χ0) is 17.8. The summed E-state index contributed by atoms with van der Waals surface area (Å²) in [7, 11) is 0. The van der Waals surface area contributed by atoms with Gasteiger partial charge in [0.15, 0.2) is 11.5 Å². The van der Waals surface area contributed by atoms with Crippen LogP contribution in [0, 0.1) is 0 Å². The number of aromatic carboxylic acids is 1. The van der Waals surface area contributed by atoms with Crippen LogP contribution in [0.1, 0.15) is 20.8 Å². The molecule has 0 fully saturated rings. The molecule has 1 amide bonds. The van der Waals surface area contributed by atoms with Crippen molar-refractivity contribution in [2.75, 3.05) is 10.6 Å². The van der Waals surface area contributed by atoms with Gasteiger partial charge in [-0.1, -0.05) is 11.6 Å². The summed E-state index contributed by atoms with van der Waals surface area (Å²) in [5.74, 6) is -1.26. The van der Waals surface area contributed by atoms with E-state index in [2.05, 4.69) is 26.0 Å². The Bertz CT molecular complexity index is 906. The van der Waals surface area contributed by atoms with Gasteiger partial charge in [-0.3, -0.25) is 4.79 Å². The summed E-state index contributed by atoms with van der Waals surface area (Å²) in [6, 6.07) is 12.7. The Labute approximate surface area is 146 Å². The summed E-state index contributed by atoms with van der Waals surface area (Å²) in [6.45, 7) is 0. The molecule has 0 atom stereocenters. The Hall–Kier alpha value is -3.39. The molecule has 3 aromatic rings. The van der Waals surface area contributed by atoms with E-state index in [0.717, 1.165) is 0 Å². The maximum absolute atomic E-state index is 12.3. The van der Waals surface area contributed by atoms with Crippen LogP contribution in [0.4, 0.5) is 17.2 Å². The van der Waals surface area contributed by atoms with Crippen molar-refractivity contribution in [1.82, 2.24) is 15.4 Å². The average Bonchev–Trinajstić information content (AvgIpc) is 3.05. The summed E-state index contributed by atoms with van der Waals surface area (Å²) in [5.41, 5.74) is 1.36. The van der Waals surface area contributed by atoms with Gasteiger partial charge in [-0.2, -0.15) is 5.21 Å². The van der Waals surface area contributed by atoms with E-state index in [9.17, 15) is 9.59 Å². The Morgan fingerprint density at radius 3 is 2.24 bits per heavy atom. The van der Waals surface area contributed by atoms with Crippen LogP contribution in [0.25, 0.3) is 0 Å². The van der Waals surface area contributed by atoms with Gasteiger partial charge < -0.3 is 15.7 Å². The predicted octanol–water partition coefficient (Wildman–Crippen LogP) is 3.15. The number of hydrogen-bond acceptors (Lipinski definition) is 5. The smallest absolute Gasteiger partial charge is 0.335 e. The fraction of sp³-hybridized carbons (Fsp3) is 0. The molecule has 1 aromatic heterocycles. The van der Waals surface area contributed by atoms with E-state index in [1.807, 2.05) is 0 Å². The number of carbonyl (C=O) groups is 2. The number of aromatic amines is 1. The van der Waals surface area contributed by atoms with Crippen LogP contribution in [0.5, 0.6) is 0 Å². The van der Waals surface area contributed by atoms with E-state index in [1.165, 1.54) is 12.1 Å². The van der Waals surface area contributed by atoms with E-state index in [-0.39, 0.29) is 17.1 Å². The topological polar surface area (TPSA) is 120 Å². The Kier molecular flexibility index (Phi) is 4.62. The van der Waals surface area contributed by atoms with E-state index >= 15 is 0 Å². The predicted molar refractivity (Wildman–Crippen MR) is 92.5 cm³/mol. The molecule has 0 bridgehead atoms. The number of carboxylic acids is 1. The molecule has 0 aliphatic carbocycles. The number of carbonyl (C=O) groups excluding carboxylic acids is 1. The number of nitrogens with zero attached hydrogens (tertiary/aromatic N) is 2. The summed E-state index contributed by atoms with van der Waals surface area (Å²) in [4.78, 5) is 23.2. The number of H-pyrrole nitrogens is 1. The van der Waals surface area contributed by atoms with Crippen molar-refractivity contribution >= 4 is 40.7 Å². The Morgan fingerprint density at radius 2 is 1.60 bits per heavy atom. The van der Waals surface area contributed by atoms with Crippen LogP contribution in [-0.2, 0) is 0 Å². The van der Waals surface area contributed by atoms with Crippen molar-refractivity contribution in [3.63, 3.8) is 0 Å². The molecular formula is C16H12ClN5O3. The molecule has 3 rings (SSSR count). The van der Waals surface area contributed by atoms with E-state index in [4.69, 9.17) is 16.7 Å². The van der Waals surface area contributed by atoms with Gasteiger partial charge in [0.05, 0.1) is 5.56 Å². The SMILES string of the molecule is O=C(O)c1ccc(Nc2n[nH]nc2C(=O)Nc2ccc(Cl)cc2)cc1. The highest BCUT2D eigenvalue weighted by atomic mass is 35.5. The zero-order valence-corrected chi connectivity index (χ0v) is 13.4. The molecule has 0 radical (unpaired) electrons. The van der Waals surface area contributed by atoms with Gasteiger partial charge in [-0.15, -0.1) is 10.2 Å². The Morgan fingerprint density at radius 1 is 0.960 bits per heavy atom. The molecule has 4 N–H and O–H groups in total. The second kappa shape index (κ2) is 7.02. The lowest BCUT2D eigenvalue weighted by molar-refractivity contribution is 0.0696. The molecule has 0 aliphatic heterocycles. The lowest BCUT2D eigenvalue weighted by atomic mass is 10.2. The number of nitrogens with one attached hydrogen (secondary N) is 3. The van der Waals surface area contributed by atoms with Crippen molar-refractivity contribution < 1.29 is 14.7 Å². The average molecular weight is 358 g/mol. The molecule has 1 heterocycles. The Balaban J connectivity index is 1.74. The second-order valence-electron chi connectivity index (χ2n) is 4.99. The monoisotopic (exact) mass is 357 g/mol. The second-order valence-corrected chi connectivity index (χ2v) is 5.43. The largest absolute Gasteiger partial charge is 0.478 e. The number of hydrogen-bond donors (Lipinski definition) is 4. The molecule has 25 heavy (non-hydrogen) atoms. The highest BCUT2D eigenvalue weighted by Crippen LogP contribution is 2.19. The minimum atomic E-state index is -1.02. The minimum Gasteiger partial charge on any atom is -0.478 e. The molecule has 8 nitrogen and oxygen atoms in total. The standard InChI is InChI=1S/C16H12ClN5O3/c17-10-3-7-12(8-4-10)19-15(23)13-14(21-22-20-13)18-11-5-1-9(2-6-11)16(24)25/h1-8H,(H,19,23)(H,24,25)(H2,18,20,21,22). The first-order valence-electron chi connectivity index (χ1n) is 7.11. The molecule has 2 aromatic carbocycles. The number of amides is 1. The van der Waals surface area contributed by atoms with Crippen molar-refractivity contribution in [1.29, 1.82) is 0 Å². The van der Waals surface area contributed by atoms with Gasteiger partial charge in [-0.25, -0.2) is 4.79 Å². The van der Waals surface area contributed by atoms with Crippen molar-refractivity contribution in [2.24, 2.45) is 0 Å². The first-order valence-corrected chi connectivity index (χ1v) is 7.49. The molecule has 126 valence electrons. The minimum absolute atomic E-state index is 0.0669. The van der Waals surface area contributed by atoms with E-state index in [1.54, 1.807) is 36.4 Å². The van der Waals surface area contributed by atoms with Gasteiger partial charge in [0.25, 0.3) is 5.91 Å². The summed E-state index contributed by atoms with van der Waals surface area (Å²) < 4.78 is 0. The molecule has 0 saturated carbocycles. The fourth-order valence-corrected chi connectivity index (χ4v) is 2.16. The molecular weight excluding hydrogens is 346 g/mol. The van der Waals surface area contributed by atoms with Crippen LogP contribution in [0.3, 0.4) is 0 Å². The maximum atomic E-state index is 12.3. The van der Waals surface area contributed by atoms with Gasteiger partial charge in [0.1, 0.15) is 0 Å². The van der Waals surface area contributed by atoms with Gasteiger partial charge in [0, 0.05) is 16.4 Å². The highest BCUT2D eigenvalue weighted by Gasteiger charge is 2.17. The van der Waals surface area contributed by atoms with Crippen molar-refractivity contribution in [3.05, 3.63) is 64.8 Å². The number of aromatic nitrogens is 3. The summed E-state index contributed by atoms with van der Waals surface area (Å²) >= 11 is 5.81. The molecule has 9 heteroatoms. The molecule has 0 spiro atoms. The molecule has 0 aliphatic rings. The van der Waals surface area contributed by atoms with Gasteiger partial charge in [-0.05, 0) is 48.5 Å². The quantitative estimate of drug-likeness (QED) is 0.556. The number of rotatable bonds is 5. The van der Waals surface area contributed by atoms with E-state index in [0.29, 0.717) is 16.4 Å². The summed E-state index contributed by atoms with van der Waals surface area (Å²) in [5, 5.41) is 25.2. The lowest BCUT2D eigenvalue weighted by Gasteiger charge is -2.06.